The number of hydrogen-bond acceptors (Lipinski definition) is 1. The minimum Gasteiger partial charge on any atom is -0.327 e. The van der Waals surface area contributed by atoms with Crippen molar-refractivity contribution in [2.24, 2.45) is 5.73 Å². The van der Waals surface area contributed by atoms with E-state index in [-0.39, 0.29) is 6.54 Å². The minimum atomic E-state index is -1.34. The van der Waals surface area contributed by atoms with Crippen molar-refractivity contribution in [2.45, 2.75) is 31.9 Å². The molecule has 0 saturated heterocycles. The molecule has 0 heterocycles. The summed E-state index contributed by atoms with van der Waals surface area (Å²) >= 11 is 0. The molecule has 0 amide bonds. The Hall–Kier alpha value is -0.890. The maximum atomic E-state index is 14.3. The van der Waals surface area contributed by atoms with Crippen LogP contribution < -0.4 is 5.73 Å². The van der Waals surface area contributed by atoms with E-state index in [4.69, 9.17) is 5.73 Å². The predicted molar refractivity (Wildman–Crippen MR) is 57.8 cm³/mol. The van der Waals surface area contributed by atoms with Gasteiger partial charge in [0, 0.05) is 6.54 Å². The highest BCUT2D eigenvalue weighted by Crippen LogP contribution is 2.30. The van der Waals surface area contributed by atoms with Gasteiger partial charge in [0.15, 0.2) is 0 Å². The molecule has 0 saturated carbocycles. The average molecular weight is 195 g/mol. The summed E-state index contributed by atoms with van der Waals surface area (Å²) in [4.78, 5) is 0. The fourth-order valence-corrected chi connectivity index (χ4v) is 1.56. The topological polar surface area (TPSA) is 26.0 Å². The molecule has 0 aliphatic rings. The van der Waals surface area contributed by atoms with E-state index in [1.54, 1.807) is 0 Å². The normalized spacial score (nSPS) is 15.1. The van der Waals surface area contributed by atoms with Crippen LogP contribution in [0.5, 0.6) is 0 Å². The Bertz CT molecular complexity index is 260. The number of unbranched alkanes of at least 4 members (excludes halogenated alkanes) is 1. The van der Waals surface area contributed by atoms with Crippen molar-refractivity contribution in [3.63, 3.8) is 0 Å². The second-order valence-electron chi connectivity index (χ2n) is 3.64. The van der Waals surface area contributed by atoms with E-state index in [2.05, 4.69) is 6.92 Å². The van der Waals surface area contributed by atoms with Crippen LogP contribution in [0.15, 0.2) is 30.3 Å². The molecule has 1 aromatic rings. The van der Waals surface area contributed by atoms with Gasteiger partial charge in [-0.15, -0.1) is 0 Å². The van der Waals surface area contributed by atoms with E-state index in [9.17, 15) is 4.39 Å². The molecule has 1 nitrogen and oxygen atoms in total. The minimum absolute atomic E-state index is 0.0665. The van der Waals surface area contributed by atoms with Gasteiger partial charge in [-0.3, -0.25) is 0 Å². The molecule has 0 radical (unpaired) electrons. The molecule has 0 fully saturated rings. The first-order chi connectivity index (χ1) is 6.73. The summed E-state index contributed by atoms with van der Waals surface area (Å²) in [5.41, 5.74) is 4.87. The van der Waals surface area contributed by atoms with Gasteiger partial charge in [0.25, 0.3) is 0 Å². The van der Waals surface area contributed by atoms with Crippen molar-refractivity contribution < 1.29 is 4.39 Å². The highest BCUT2D eigenvalue weighted by Gasteiger charge is 2.28. The molecule has 1 rings (SSSR count). The SMILES string of the molecule is CCCCC(F)(CN)c1ccccc1. The third-order valence-corrected chi connectivity index (χ3v) is 2.54. The quantitative estimate of drug-likeness (QED) is 0.768. The molecule has 0 aromatic heterocycles. The van der Waals surface area contributed by atoms with Crippen LogP contribution in [0.2, 0.25) is 0 Å². The van der Waals surface area contributed by atoms with Gasteiger partial charge in [-0.1, -0.05) is 50.1 Å². The molecule has 78 valence electrons. The smallest absolute Gasteiger partial charge is 0.148 e. The lowest BCUT2D eigenvalue weighted by molar-refractivity contribution is 0.156. The van der Waals surface area contributed by atoms with Crippen LogP contribution in [0.1, 0.15) is 31.7 Å². The fourth-order valence-electron chi connectivity index (χ4n) is 1.56. The van der Waals surface area contributed by atoms with Gasteiger partial charge in [-0.05, 0) is 12.0 Å². The first kappa shape index (κ1) is 11.2. The van der Waals surface area contributed by atoms with Crippen LogP contribution in [-0.4, -0.2) is 6.54 Å². The predicted octanol–water partition coefficient (Wildman–Crippen LogP) is 3.00. The highest BCUT2D eigenvalue weighted by atomic mass is 19.1. The third kappa shape index (κ3) is 2.55. The summed E-state index contributed by atoms with van der Waals surface area (Å²) < 4.78 is 14.3. The zero-order chi connectivity index (χ0) is 10.4. The summed E-state index contributed by atoms with van der Waals surface area (Å²) in [5, 5.41) is 0. The first-order valence-electron chi connectivity index (χ1n) is 5.17. The van der Waals surface area contributed by atoms with Crippen molar-refractivity contribution in [3.8, 4) is 0 Å². The van der Waals surface area contributed by atoms with Crippen molar-refractivity contribution in [1.29, 1.82) is 0 Å². The second-order valence-corrected chi connectivity index (χ2v) is 3.64. The van der Waals surface area contributed by atoms with Crippen LogP contribution in [0.25, 0.3) is 0 Å². The summed E-state index contributed by atoms with van der Waals surface area (Å²) in [6.45, 7) is 2.12. The lowest BCUT2D eigenvalue weighted by Crippen LogP contribution is -2.30. The lowest BCUT2D eigenvalue weighted by atomic mass is 9.90. The molecule has 1 atom stereocenters. The average Bonchev–Trinajstić information content (AvgIpc) is 2.27. The number of alkyl halides is 1. The summed E-state index contributed by atoms with van der Waals surface area (Å²) in [7, 11) is 0. The number of benzene rings is 1. The van der Waals surface area contributed by atoms with Crippen LogP contribution in [-0.2, 0) is 5.67 Å². The molecule has 0 spiro atoms. The maximum Gasteiger partial charge on any atom is 0.148 e. The molecule has 1 unspecified atom stereocenters. The lowest BCUT2D eigenvalue weighted by Gasteiger charge is -2.23. The molecule has 1 aromatic carbocycles. The Labute approximate surface area is 85.1 Å². The van der Waals surface area contributed by atoms with Gasteiger partial charge in [0.1, 0.15) is 5.67 Å². The van der Waals surface area contributed by atoms with Crippen molar-refractivity contribution >= 4 is 0 Å². The molecule has 14 heavy (non-hydrogen) atoms. The number of rotatable bonds is 5. The summed E-state index contributed by atoms with van der Waals surface area (Å²) in [6, 6.07) is 9.21. The largest absolute Gasteiger partial charge is 0.327 e. The van der Waals surface area contributed by atoms with Gasteiger partial charge in [0.2, 0.25) is 0 Å². The molecular formula is C12H18FN. The molecular weight excluding hydrogens is 177 g/mol. The molecule has 0 aliphatic carbocycles. The van der Waals surface area contributed by atoms with E-state index in [1.807, 2.05) is 30.3 Å². The van der Waals surface area contributed by atoms with E-state index in [0.717, 1.165) is 12.8 Å². The number of halogens is 1. The van der Waals surface area contributed by atoms with E-state index < -0.39 is 5.67 Å². The molecule has 2 heteroatoms. The number of nitrogens with two attached hydrogens (primary N) is 1. The molecule has 0 bridgehead atoms. The summed E-state index contributed by atoms with van der Waals surface area (Å²) in [5.74, 6) is 0. The van der Waals surface area contributed by atoms with Crippen LogP contribution in [0.3, 0.4) is 0 Å². The van der Waals surface area contributed by atoms with Crippen LogP contribution >= 0.6 is 0 Å². The maximum absolute atomic E-state index is 14.3. The Morgan fingerprint density at radius 1 is 1.29 bits per heavy atom. The standard InChI is InChI=1S/C12H18FN/c1-2-3-9-12(13,10-14)11-7-5-4-6-8-11/h4-8H,2-3,9-10,14H2,1H3. The van der Waals surface area contributed by atoms with Gasteiger partial charge in [-0.25, -0.2) is 4.39 Å². The van der Waals surface area contributed by atoms with E-state index in [0.29, 0.717) is 12.0 Å². The van der Waals surface area contributed by atoms with Gasteiger partial charge in [0.05, 0.1) is 0 Å². The van der Waals surface area contributed by atoms with Crippen LogP contribution in [0.4, 0.5) is 4.39 Å². The van der Waals surface area contributed by atoms with Crippen molar-refractivity contribution in [3.05, 3.63) is 35.9 Å². The Morgan fingerprint density at radius 2 is 1.93 bits per heavy atom. The summed E-state index contributed by atoms with van der Waals surface area (Å²) in [6.07, 6.45) is 2.39. The Morgan fingerprint density at radius 3 is 2.43 bits per heavy atom. The van der Waals surface area contributed by atoms with Gasteiger partial charge in [-0.2, -0.15) is 0 Å². The van der Waals surface area contributed by atoms with Crippen molar-refractivity contribution in [2.75, 3.05) is 6.54 Å². The zero-order valence-corrected chi connectivity index (χ0v) is 8.67. The van der Waals surface area contributed by atoms with Crippen LogP contribution in [0, 0.1) is 0 Å². The highest BCUT2D eigenvalue weighted by molar-refractivity contribution is 5.22. The Kier molecular flexibility index (Phi) is 4.08. The monoisotopic (exact) mass is 195 g/mol. The van der Waals surface area contributed by atoms with Crippen molar-refractivity contribution in [1.82, 2.24) is 0 Å². The number of hydrogen-bond donors (Lipinski definition) is 1. The van der Waals surface area contributed by atoms with E-state index in [1.165, 1.54) is 0 Å². The molecule has 2 N–H and O–H groups in total. The van der Waals surface area contributed by atoms with E-state index >= 15 is 0 Å². The Balaban J connectivity index is 2.79. The first-order valence-corrected chi connectivity index (χ1v) is 5.17. The second kappa shape index (κ2) is 5.11. The zero-order valence-electron chi connectivity index (χ0n) is 8.67. The third-order valence-electron chi connectivity index (χ3n) is 2.54. The van der Waals surface area contributed by atoms with Gasteiger partial charge >= 0.3 is 0 Å². The van der Waals surface area contributed by atoms with Gasteiger partial charge < -0.3 is 5.73 Å². The molecule has 0 aliphatic heterocycles. The fraction of sp³-hybridized carbons (Fsp3) is 0.500.